The number of allylic oxidation sites excluding steroid dienone is 2. The zero-order valence-electron chi connectivity index (χ0n) is 22.3. The number of esters is 1. The van der Waals surface area contributed by atoms with Gasteiger partial charge in [-0.1, -0.05) is 39.3 Å². The summed E-state index contributed by atoms with van der Waals surface area (Å²) < 4.78 is 48.2. The molecule has 1 aliphatic heterocycles. The normalized spacial score (nSPS) is 31.0. The fourth-order valence-electron chi connectivity index (χ4n) is 6.25. The Kier molecular flexibility index (Phi) is 11.1. The maximum Gasteiger partial charge on any atom is 1.00 e. The van der Waals surface area contributed by atoms with Gasteiger partial charge in [-0.2, -0.15) is 0 Å². The van der Waals surface area contributed by atoms with Gasteiger partial charge in [-0.05, 0) is 92.4 Å². The van der Waals surface area contributed by atoms with Crippen LogP contribution in [0.25, 0.3) is 0 Å². The van der Waals surface area contributed by atoms with Gasteiger partial charge in [-0.15, -0.1) is 0 Å². The van der Waals surface area contributed by atoms with Gasteiger partial charge in [0.05, 0.1) is 6.61 Å². The molecular formula is C26H41NaO7S. The SMILES string of the molecule is COC1C=C(CCCC(CC[C@]2(C)C3=CCCC(C)(C)[C@@H]3CC[C@@H]2C)COS(=O)(=O)[O-])C(=O)O1.[Na+]. The molecular weight excluding hydrogens is 479 g/mol. The number of methoxy groups -OCH3 is 1. The van der Waals surface area contributed by atoms with Crippen LogP contribution in [0, 0.1) is 28.6 Å². The van der Waals surface area contributed by atoms with Crippen molar-refractivity contribution in [2.45, 2.75) is 91.8 Å². The van der Waals surface area contributed by atoms with Crippen molar-refractivity contribution in [3.63, 3.8) is 0 Å². The van der Waals surface area contributed by atoms with E-state index in [9.17, 15) is 17.8 Å². The molecule has 1 heterocycles. The number of fused-ring (bicyclic) bond motifs is 1. The number of hydrogen-bond acceptors (Lipinski definition) is 7. The predicted molar refractivity (Wildman–Crippen MR) is 128 cm³/mol. The second-order valence-electron chi connectivity index (χ2n) is 11.3. The predicted octanol–water partition coefficient (Wildman–Crippen LogP) is 2.29. The first-order valence-corrected chi connectivity index (χ1v) is 13.9. The van der Waals surface area contributed by atoms with Crippen molar-refractivity contribution in [3.05, 3.63) is 23.3 Å². The monoisotopic (exact) mass is 520 g/mol. The smallest absolute Gasteiger partial charge is 0.726 e. The molecule has 0 aromatic carbocycles. The number of hydrogen-bond donors (Lipinski definition) is 0. The molecule has 1 fully saturated rings. The first kappa shape index (κ1) is 31.0. The van der Waals surface area contributed by atoms with Crippen LogP contribution in [0.3, 0.4) is 0 Å². The Morgan fingerprint density at radius 3 is 2.57 bits per heavy atom. The standard InChI is InChI=1S/C26H42O7S.Na/c1-18-11-12-21-22(10-7-14-25(21,2)3)26(18,4)15-13-19(17-32-34(28,29)30)8-6-9-20-16-23(31-5)33-24(20)27;/h10,16,18-19,21,23H,6-9,11-15,17H2,1-5H3,(H,28,29,30);/q;+1/p-1/t18-,19?,21+,23?,26-;/m0./s1. The Balaban J connectivity index is 0.00000432. The van der Waals surface area contributed by atoms with Crippen LogP contribution in [0.1, 0.15) is 85.5 Å². The third kappa shape index (κ3) is 7.88. The Bertz CT molecular complexity index is 911. The van der Waals surface area contributed by atoms with E-state index in [4.69, 9.17) is 9.47 Å². The van der Waals surface area contributed by atoms with Crippen LogP contribution in [-0.2, 0) is 28.9 Å². The molecule has 3 aliphatic rings. The topological polar surface area (TPSA) is 102 Å². The van der Waals surface area contributed by atoms with Gasteiger partial charge < -0.3 is 14.0 Å². The third-order valence-electron chi connectivity index (χ3n) is 8.74. The van der Waals surface area contributed by atoms with Crippen molar-refractivity contribution in [1.29, 1.82) is 0 Å². The van der Waals surface area contributed by atoms with E-state index < -0.39 is 16.7 Å². The van der Waals surface area contributed by atoms with Crippen molar-refractivity contribution < 1.29 is 61.0 Å². The fraction of sp³-hybridized carbons (Fsp3) is 0.808. The molecule has 0 aromatic heterocycles. The summed E-state index contributed by atoms with van der Waals surface area (Å²) in [5.74, 6) is 0.677. The van der Waals surface area contributed by atoms with Gasteiger partial charge in [-0.3, -0.25) is 4.18 Å². The van der Waals surface area contributed by atoms with Crippen molar-refractivity contribution in [1.82, 2.24) is 0 Å². The zero-order chi connectivity index (χ0) is 25.1. The Morgan fingerprint density at radius 2 is 1.94 bits per heavy atom. The van der Waals surface area contributed by atoms with Crippen LogP contribution in [-0.4, -0.2) is 38.9 Å². The van der Waals surface area contributed by atoms with Crippen LogP contribution >= 0.6 is 0 Å². The van der Waals surface area contributed by atoms with E-state index >= 15 is 0 Å². The molecule has 0 bridgehead atoms. The summed E-state index contributed by atoms with van der Waals surface area (Å²) in [6, 6.07) is 0. The minimum absolute atomic E-state index is 0. The molecule has 35 heavy (non-hydrogen) atoms. The van der Waals surface area contributed by atoms with Crippen LogP contribution < -0.4 is 29.6 Å². The van der Waals surface area contributed by atoms with Gasteiger partial charge in [0.15, 0.2) is 0 Å². The van der Waals surface area contributed by atoms with E-state index in [1.807, 2.05) is 0 Å². The molecule has 7 nitrogen and oxygen atoms in total. The Morgan fingerprint density at radius 1 is 1.23 bits per heavy atom. The summed E-state index contributed by atoms with van der Waals surface area (Å²) in [7, 11) is -3.27. The molecule has 0 spiro atoms. The van der Waals surface area contributed by atoms with Gasteiger partial charge in [0.1, 0.15) is 0 Å². The molecule has 1 saturated carbocycles. The van der Waals surface area contributed by atoms with Crippen LogP contribution in [0.2, 0.25) is 0 Å². The first-order valence-electron chi connectivity index (χ1n) is 12.6. The molecule has 2 aliphatic carbocycles. The van der Waals surface area contributed by atoms with Gasteiger partial charge in [0.25, 0.3) is 0 Å². The molecule has 0 saturated heterocycles. The quantitative estimate of drug-likeness (QED) is 0.135. The van der Waals surface area contributed by atoms with E-state index in [2.05, 4.69) is 38.0 Å². The average Bonchev–Trinajstić information content (AvgIpc) is 3.11. The minimum atomic E-state index is -4.75. The Labute approximate surface area is 233 Å². The Hall–Kier alpha value is -0.220. The summed E-state index contributed by atoms with van der Waals surface area (Å²) >= 11 is 0. The van der Waals surface area contributed by atoms with Gasteiger partial charge in [0, 0.05) is 12.7 Å². The molecule has 5 atom stereocenters. The molecule has 0 N–H and O–H groups in total. The van der Waals surface area contributed by atoms with E-state index in [-0.39, 0.29) is 53.5 Å². The van der Waals surface area contributed by atoms with Crippen LogP contribution in [0.4, 0.5) is 0 Å². The van der Waals surface area contributed by atoms with Crippen LogP contribution in [0.5, 0.6) is 0 Å². The second kappa shape index (κ2) is 12.5. The summed E-state index contributed by atoms with van der Waals surface area (Å²) in [6.45, 7) is 9.34. The fourth-order valence-corrected chi connectivity index (χ4v) is 6.61. The zero-order valence-corrected chi connectivity index (χ0v) is 25.1. The third-order valence-corrected chi connectivity index (χ3v) is 9.17. The first-order chi connectivity index (χ1) is 15.9. The number of carbonyl (C=O) groups is 1. The van der Waals surface area contributed by atoms with Gasteiger partial charge in [-0.25, -0.2) is 13.2 Å². The van der Waals surface area contributed by atoms with E-state index in [0.717, 1.165) is 19.3 Å². The molecule has 2 unspecified atom stereocenters. The van der Waals surface area contributed by atoms with Crippen LogP contribution in [0.15, 0.2) is 23.3 Å². The van der Waals surface area contributed by atoms with Gasteiger partial charge >= 0.3 is 35.5 Å². The summed E-state index contributed by atoms with van der Waals surface area (Å²) in [6.07, 6.45) is 11.8. The number of rotatable bonds is 11. The summed E-state index contributed by atoms with van der Waals surface area (Å²) in [4.78, 5) is 12.0. The number of cyclic esters (lactones) is 1. The largest absolute Gasteiger partial charge is 1.00 e. The summed E-state index contributed by atoms with van der Waals surface area (Å²) in [5, 5.41) is 0. The van der Waals surface area contributed by atoms with Crippen molar-refractivity contribution in [2.75, 3.05) is 13.7 Å². The van der Waals surface area contributed by atoms with E-state index in [0.29, 0.717) is 42.1 Å². The van der Waals surface area contributed by atoms with E-state index in [1.54, 1.807) is 11.6 Å². The molecule has 0 amide bonds. The molecule has 194 valence electrons. The number of ether oxygens (including phenoxy) is 2. The van der Waals surface area contributed by atoms with Crippen molar-refractivity contribution in [3.8, 4) is 0 Å². The minimum Gasteiger partial charge on any atom is -0.726 e. The average molecular weight is 521 g/mol. The van der Waals surface area contributed by atoms with Gasteiger partial charge in [0.2, 0.25) is 16.7 Å². The van der Waals surface area contributed by atoms with Crippen molar-refractivity contribution in [2.24, 2.45) is 28.6 Å². The molecule has 3 rings (SSSR count). The number of carbonyl (C=O) groups excluding carboxylic acids is 1. The second-order valence-corrected chi connectivity index (χ2v) is 12.4. The van der Waals surface area contributed by atoms with E-state index in [1.165, 1.54) is 26.4 Å². The molecule has 9 heteroatoms. The maximum atomic E-state index is 12.0. The molecule has 0 radical (unpaired) electrons. The molecule has 0 aromatic rings. The summed E-state index contributed by atoms with van der Waals surface area (Å²) in [5.41, 5.74) is 2.50. The van der Waals surface area contributed by atoms with Crippen molar-refractivity contribution >= 4 is 16.4 Å². The maximum absolute atomic E-state index is 12.0.